The predicted octanol–water partition coefficient (Wildman–Crippen LogP) is 2.87. The minimum atomic E-state index is -3.53. The van der Waals surface area contributed by atoms with Gasteiger partial charge in [-0.3, -0.25) is 0 Å². The van der Waals surface area contributed by atoms with Crippen LogP contribution in [0.25, 0.3) is 0 Å². The molecule has 2 heterocycles. The summed E-state index contributed by atoms with van der Waals surface area (Å²) in [6, 6.07) is 5.58. The molecule has 7 heteroatoms. The van der Waals surface area contributed by atoms with Gasteiger partial charge < -0.3 is 5.11 Å². The van der Waals surface area contributed by atoms with Gasteiger partial charge in [0.15, 0.2) is 0 Å². The third kappa shape index (κ3) is 3.73. The Hall–Kier alpha value is -0.730. The summed E-state index contributed by atoms with van der Waals surface area (Å²) >= 11 is 2.74. The summed E-state index contributed by atoms with van der Waals surface area (Å²) in [5.74, 6) is 0. The fourth-order valence-electron chi connectivity index (χ4n) is 1.88. The average Bonchev–Trinajstić information content (AvgIpc) is 3.06. The maximum Gasteiger partial charge on any atom is 0.250 e. The van der Waals surface area contributed by atoms with E-state index in [9.17, 15) is 13.5 Å². The van der Waals surface area contributed by atoms with Gasteiger partial charge in [0.2, 0.25) is 10.0 Å². The van der Waals surface area contributed by atoms with Crippen molar-refractivity contribution < 1.29 is 13.5 Å². The van der Waals surface area contributed by atoms with E-state index in [2.05, 4.69) is 4.72 Å². The topological polar surface area (TPSA) is 66.4 Å². The summed E-state index contributed by atoms with van der Waals surface area (Å²) in [6.45, 7) is 6.03. The highest BCUT2D eigenvalue weighted by Crippen LogP contribution is 2.29. The molecule has 0 amide bonds. The summed E-state index contributed by atoms with van der Waals surface area (Å²) in [5, 5.41) is 11.2. The van der Waals surface area contributed by atoms with Gasteiger partial charge in [-0.2, -0.15) is 0 Å². The molecule has 2 aromatic heterocycles. The van der Waals surface area contributed by atoms with E-state index in [1.165, 1.54) is 0 Å². The first-order chi connectivity index (χ1) is 9.76. The number of hydrogen-bond acceptors (Lipinski definition) is 5. The lowest BCUT2D eigenvalue weighted by Crippen LogP contribution is -2.35. The van der Waals surface area contributed by atoms with Crippen molar-refractivity contribution in [3.8, 4) is 0 Å². The second-order valence-corrected chi connectivity index (χ2v) is 9.59. The molecule has 0 spiro atoms. The second kappa shape index (κ2) is 6.18. The zero-order chi connectivity index (χ0) is 15.7. The molecular weight excluding hydrogens is 326 g/mol. The molecule has 2 aromatic rings. The Morgan fingerprint density at radius 1 is 1.38 bits per heavy atom. The first-order valence-corrected chi connectivity index (χ1v) is 9.68. The Labute approximate surface area is 133 Å². The standard InChI is InChI=1S/C14H19NO3S3/c1-10-7-13(20-11(10)8-16)21(17,18)15-9-14(2,3)12-5-4-6-19-12/h4-7,15-16H,8-9H2,1-3H3. The number of hydrogen-bond donors (Lipinski definition) is 2. The highest BCUT2D eigenvalue weighted by molar-refractivity contribution is 7.91. The minimum Gasteiger partial charge on any atom is -0.391 e. The van der Waals surface area contributed by atoms with Gasteiger partial charge in [-0.15, -0.1) is 22.7 Å². The monoisotopic (exact) mass is 345 g/mol. The van der Waals surface area contributed by atoms with Crippen LogP contribution in [0.15, 0.2) is 27.8 Å². The molecule has 0 saturated carbocycles. The summed E-state index contributed by atoms with van der Waals surface area (Å²) in [5.41, 5.74) is 0.549. The van der Waals surface area contributed by atoms with Crippen LogP contribution < -0.4 is 4.72 Å². The van der Waals surface area contributed by atoms with Crippen LogP contribution in [0.3, 0.4) is 0 Å². The molecule has 0 aliphatic carbocycles. The van der Waals surface area contributed by atoms with E-state index in [1.807, 2.05) is 31.4 Å². The van der Waals surface area contributed by atoms with E-state index >= 15 is 0 Å². The van der Waals surface area contributed by atoms with Crippen LogP contribution in [-0.2, 0) is 22.0 Å². The van der Waals surface area contributed by atoms with E-state index in [4.69, 9.17) is 0 Å². The molecule has 0 atom stereocenters. The molecule has 2 N–H and O–H groups in total. The van der Waals surface area contributed by atoms with Crippen molar-refractivity contribution in [1.29, 1.82) is 0 Å². The van der Waals surface area contributed by atoms with Crippen molar-refractivity contribution in [3.63, 3.8) is 0 Å². The van der Waals surface area contributed by atoms with Crippen LogP contribution in [-0.4, -0.2) is 20.1 Å². The van der Waals surface area contributed by atoms with E-state index in [1.54, 1.807) is 24.3 Å². The zero-order valence-electron chi connectivity index (χ0n) is 12.2. The normalized spacial score (nSPS) is 12.8. The van der Waals surface area contributed by atoms with Crippen LogP contribution in [0.5, 0.6) is 0 Å². The molecule has 21 heavy (non-hydrogen) atoms. The molecule has 0 radical (unpaired) electrons. The number of thiophene rings is 2. The minimum absolute atomic E-state index is 0.132. The third-order valence-electron chi connectivity index (χ3n) is 3.30. The van der Waals surface area contributed by atoms with E-state index in [0.717, 1.165) is 21.8 Å². The van der Waals surface area contributed by atoms with Gasteiger partial charge >= 0.3 is 0 Å². The van der Waals surface area contributed by atoms with Crippen molar-refractivity contribution in [2.45, 2.75) is 37.0 Å². The summed E-state index contributed by atoms with van der Waals surface area (Å²) in [7, 11) is -3.53. The van der Waals surface area contributed by atoms with Gasteiger partial charge in [0.05, 0.1) is 6.61 Å². The van der Waals surface area contributed by atoms with Crippen molar-refractivity contribution in [3.05, 3.63) is 38.9 Å². The summed E-state index contributed by atoms with van der Waals surface area (Å²) < 4.78 is 27.6. The quantitative estimate of drug-likeness (QED) is 0.846. The Balaban J connectivity index is 2.14. The first-order valence-electron chi connectivity index (χ1n) is 6.50. The Morgan fingerprint density at radius 3 is 2.62 bits per heavy atom. The van der Waals surface area contributed by atoms with Gasteiger partial charge in [0, 0.05) is 21.7 Å². The molecule has 0 saturated heterocycles. The Morgan fingerprint density at radius 2 is 2.10 bits per heavy atom. The molecule has 0 bridgehead atoms. The first kappa shape index (κ1) is 16.6. The van der Waals surface area contributed by atoms with Gasteiger partial charge in [-0.25, -0.2) is 13.1 Å². The lowest BCUT2D eigenvalue weighted by Gasteiger charge is -2.23. The smallest absolute Gasteiger partial charge is 0.250 e. The third-order valence-corrected chi connectivity index (χ3v) is 7.63. The number of nitrogens with one attached hydrogen (secondary N) is 1. The molecule has 116 valence electrons. The maximum absolute atomic E-state index is 12.4. The highest BCUT2D eigenvalue weighted by Gasteiger charge is 2.26. The highest BCUT2D eigenvalue weighted by atomic mass is 32.2. The van der Waals surface area contributed by atoms with Gasteiger partial charge in [0.1, 0.15) is 4.21 Å². The molecule has 0 aliphatic heterocycles. The second-order valence-electron chi connectivity index (χ2n) is 5.52. The fourth-order valence-corrected chi connectivity index (χ4v) is 5.43. The van der Waals surface area contributed by atoms with Gasteiger partial charge in [0.25, 0.3) is 0 Å². The van der Waals surface area contributed by atoms with Crippen molar-refractivity contribution in [2.24, 2.45) is 0 Å². The number of aryl methyl sites for hydroxylation is 1. The van der Waals surface area contributed by atoms with E-state index in [-0.39, 0.29) is 16.2 Å². The SMILES string of the molecule is Cc1cc(S(=O)(=O)NCC(C)(C)c2cccs2)sc1CO. The molecule has 0 unspecified atom stereocenters. The fraction of sp³-hybridized carbons (Fsp3) is 0.429. The molecule has 4 nitrogen and oxygen atoms in total. The van der Waals surface area contributed by atoms with Gasteiger partial charge in [-0.05, 0) is 30.0 Å². The maximum atomic E-state index is 12.4. The molecule has 0 fully saturated rings. The van der Waals surface area contributed by atoms with Crippen molar-refractivity contribution in [1.82, 2.24) is 4.72 Å². The number of sulfonamides is 1. The Bertz CT molecular complexity index is 700. The van der Waals surface area contributed by atoms with Gasteiger partial charge in [-0.1, -0.05) is 19.9 Å². The molecule has 0 aliphatic rings. The van der Waals surface area contributed by atoms with Crippen LogP contribution in [0.1, 0.15) is 29.2 Å². The largest absolute Gasteiger partial charge is 0.391 e. The molecule has 0 aromatic carbocycles. The Kier molecular flexibility index (Phi) is 4.89. The molecule has 2 rings (SSSR count). The van der Waals surface area contributed by atoms with Crippen molar-refractivity contribution in [2.75, 3.05) is 6.54 Å². The number of aliphatic hydroxyl groups is 1. The predicted molar refractivity (Wildman–Crippen MR) is 87.5 cm³/mol. The zero-order valence-corrected chi connectivity index (χ0v) is 14.7. The average molecular weight is 346 g/mol. The summed E-state index contributed by atoms with van der Waals surface area (Å²) in [6.07, 6.45) is 0. The van der Waals surface area contributed by atoms with Crippen LogP contribution in [0.2, 0.25) is 0 Å². The van der Waals surface area contributed by atoms with Crippen LogP contribution in [0.4, 0.5) is 0 Å². The molecular formula is C14H19NO3S3. The van der Waals surface area contributed by atoms with Crippen LogP contribution >= 0.6 is 22.7 Å². The van der Waals surface area contributed by atoms with E-state index < -0.39 is 10.0 Å². The number of rotatable bonds is 6. The van der Waals surface area contributed by atoms with E-state index in [0.29, 0.717) is 11.4 Å². The lowest BCUT2D eigenvalue weighted by atomic mass is 9.92. The number of aliphatic hydroxyl groups excluding tert-OH is 1. The summed E-state index contributed by atoms with van der Waals surface area (Å²) in [4.78, 5) is 1.83. The van der Waals surface area contributed by atoms with Crippen molar-refractivity contribution >= 4 is 32.7 Å². The lowest BCUT2D eigenvalue weighted by molar-refractivity contribution is 0.285. The van der Waals surface area contributed by atoms with Crippen LogP contribution in [0, 0.1) is 6.92 Å².